The summed E-state index contributed by atoms with van der Waals surface area (Å²) < 4.78 is 19.1. The number of fused-ring (bicyclic) bond motifs is 2. The summed E-state index contributed by atoms with van der Waals surface area (Å²) in [5.74, 6) is -0.970. The number of nitrogens with zero attached hydrogens (tertiary/aromatic N) is 3. The lowest BCUT2D eigenvalue weighted by Gasteiger charge is -2.29. The number of thiazole rings is 1. The highest BCUT2D eigenvalue weighted by atomic mass is 32.2. The Kier molecular flexibility index (Phi) is 6.31. The van der Waals surface area contributed by atoms with Gasteiger partial charge in [-0.2, -0.15) is 0 Å². The van der Waals surface area contributed by atoms with Crippen molar-refractivity contribution in [2.75, 3.05) is 12.9 Å². The molecule has 2 amide bonds. The molecule has 196 valence electrons. The molecule has 2 aromatic carbocycles. The van der Waals surface area contributed by atoms with E-state index in [9.17, 15) is 23.9 Å². The maximum absolute atomic E-state index is 13.6. The van der Waals surface area contributed by atoms with Gasteiger partial charge in [-0.05, 0) is 54.7 Å². The van der Waals surface area contributed by atoms with E-state index in [1.807, 2.05) is 0 Å². The summed E-state index contributed by atoms with van der Waals surface area (Å²) >= 11 is 2.85. The number of ether oxygens (including phenoxy) is 1. The molecule has 3 aliphatic rings. The van der Waals surface area contributed by atoms with Gasteiger partial charge in [-0.1, -0.05) is 12.1 Å². The van der Waals surface area contributed by atoms with Crippen molar-refractivity contribution in [2.45, 2.75) is 37.0 Å². The van der Waals surface area contributed by atoms with Crippen molar-refractivity contribution in [1.82, 2.24) is 15.2 Å². The topological polar surface area (TPSA) is 121 Å². The van der Waals surface area contributed by atoms with Crippen LogP contribution in [0.15, 0.2) is 47.5 Å². The Morgan fingerprint density at radius 3 is 2.74 bits per heavy atom. The summed E-state index contributed by atoms with van der Waals surface area (Å²) in [6.45, 7) is 0. The molecule has 3 heterocycles. The quantitative estimate of drug-likeness (QED) is 0.450. The van der Waals surface area contributed by atoms with Crippen molar-refractivity contribution in [3.8, 4) is 5.75 Å². The number of piperidine rings is 1. The summed E-state index contributed by atoms with van der Waals surface area (Å²) in [6.07, 6.45) is 1.35. The molecule has 6 rings (SSSR count). The average molecular weight is 555 g/mol. The summed E-state index contributed by atoms with van der Waals surface area (Å²) in [6, 6.07) is 7.71. The second kappa shape index (κ2) is 9.66. The van der Waals surface area contributed by atoms with Gasteiger partial charge in [0, 0.05) is 11.8 Å². The lowest BCUT2D eigenvalue weighted by molar-refractivity contribution is -0.147. The van der Waals surface area contributed by atoms with Gasteiger partial charge in [-0.3, -0.25) is 14.6 Å². The molecule has 12 heteroatoms. The van der Waals surface area contributed by atoms with Crippen LogP contribution in [0.1, 0.15) is 29.5 Å². The number of carbonyl (C=O) groups excluding carboxylic acids is 3. The molecule has 1 aliphatic carbocycles. The zero-order valence-electron chi connectivity index (χ0n) is 20.2. The number of carbonyl (C=O) groups is 3. The number of hydrogen-bond donors (Lipinski definition) is 2. The van der Waals surface area contributed by atoms with Crippen LogP contribution in [0, 0.1) is 11.7 Å². The number of aromatic nitrogens is 1. The average Bonchev–Trinajstić information content (AvgIpc) is 3.27. The van der Waals surface area contributed by atoms with Crippen molar-refractivity contribution < 1.29 is 28.6 Å². The number of likely N-dealkylation sites (tertiary alicyclic amines) is 1. The highest BCUT2D eigenvalue weighted by Gasteiger charge is 2.57. The van der Waals surface area contributed by atoms with E-state index in [4.69, 9.17) is 4.74 Å². The molecule has 0 bridgehead atoms. The summed E-state index contributed by atoms with van der Waals surface area (Å²) in [5, 5.41) is 13.8. The van der Waals surface area contributed by atoms with E-state index >= 15 is 0 Å². The number of aliphatic imine (C=N–C) groups is 1. The molecular formula is C26H23FN4O5S2. The minimum atomic E-state index is -1.12. The van der Waals surface area contributed by atoms with Crippen molar-refractivity contribution in [3.63, 3.8) is 0 Å². The zero-order valence-corrected chi connectivity index (χ0v) is 21.8. The van der Waals surface area contributed by atoms with Crippen LogP contribution in [0.5, 0.6) is 5.75 Å². The van der Waals surface area contributed by atoms with Gasteiger partial charge in [0.05, 0.1) is 17.3 Å². The zero-order chi connectivity index (χ0) is 26.6. The van der Waals surface area contributed by atoms with Crippen LogP contribution >= 0.6 is 23.1 Å². The molecule has 1 unspecified atom stereocenters. The molecule has 9 nitrogen and oxygen atoms in total. The predicted molar refractivity (Wildman–Crippen MR) is 141 cm³/mol. The van der Waals surface area contributed by atoms with Crippen LogP contribution in [0.25, 0.3) is 10.2 Å². The molecule has 0 spiro atoms. The Hall–Kier alpha value is -3.51. The maximum atomic E-state index is 13.6. The van der Waals surface area contributed by atoms with Crippen LogP contribution in [0.4, 0.5) is 4.39 Å². The van der Waals surface area contributed by atoms with Gasteiger partial charge in [0.15, 0.2) is 6.04 Å². The monoisotopic (exact) mass is 554 g/mol. The lowest BCUT2D eigenvalue weighted by atomic mass is 10.0. The molecule has 1 saturated carbocycles. The summed E-state index contributed by atoms with van der Waals surface area (Å²) in [5.41, 5.74) is 1.14. The van der Waals surface area contributed by atoms with E-state index in [-0.39, 0.29) is 23.6 Å². The molecule has 38 heavy (non-hydrogen) atoms. The number of benzene rings is 2. The second-order valence-electron chi connectivity index (χ2n) is 9.51. The fraction of sp³-hybridized carbons (Fsp3) is 0.346. The van der Waals surface area contributed by atoms with E-state index in [0.29, 0.717) is 27.8 Å². The molecular weight excluding hydrogens is 531 g/mol. The minimum Gasteiger partial charge on any atom is -0.508 e. The Labute approximate surface area is 225 Å². The van der Waals surface area contributed by atoms with E-state index in [1.165, 1.54) is 54.5 Å². The smallest absolute Gasteiger partial charge is 0.333 e. The Bertz CT molecular complexity index is 1480. The number of thioether (sulfide) groups is 1. The lowest BCUT2D eigenvalue weighted by Crippen LogP contribution is -2.52. The fourth-order valence-corrected chi connectivity index (χ4v) is 7.19. The van der Waals surface area contributed by atoms with Gasteiger partial charge < -0.3 is 20.1 Å². The predicted octanol–water partition coefficient (Wildman–Crippen LogP) is 3.02. The summed E-state index contributed by atoms with van der Waals surface area (Å²) in [4.78, 5) is 50.3. The first-order valence-electron chi connectivity index (χ1n) is 12.1. The first kappa shape index (κ1) is 24.8. The minimum absolute atomic E-state index is 0.0182. The number of nitrogens with one attached hydrogen (secondary N) is 1. The SMILES string of the molecule is COC(=O)C(NC(=O)[C@@H]1C[C@@H]2C[C@@H]2N1C(=O)[C@@H]1CSC(c2nc3ccc(O)cc3s2)=N1)c1ccc(F)cc1. The molecule has 2 N–H and O–H groups in total. The normalized spacial score (nSPS) is 24.6. The third kappa shape index (κ3) is 4.51. The Balaban J connectivity index is 1.20. The molecule has 0 radical (unpaired) electrons. The third-order valence-electron chi connectivity index (χ3n) is 7.08. The van der Waals surface area contributed by atoms with E-state index in [0.717, 1.165) is 16.6 Å². The number of methoxy groups -OCH3 is 1. The summed E-state index contributed by atoms with van der Waals surface area (Å²) in [7, 11) is 1.22. The third-order valence-corrected chi connectivity index (χ3v) is 9.29. The number of esters is 1. The van der Waals surface area contributed by atoms with Gasteiger partial charge >= 0.3 is 5.97 Å². The highest BCUT2D eigenvalue weighted by Crippen LogP contribution is 2.48. The highest BCUT2D eigenvalue weighted by molar-refractivity contribution is 8.15. The molecule has 1 aromatic heterocycles. The van der Waals surface area contributed by atoms with Gasteiger partial charge in [0.25, 0.3) is 0 Å². The van der Waals surface area contributed by atoms with E-state index in [1.54, 1.807) is 23.1 Å². The molecule has 2 fully saturated rings. The van der Waals surface area contributed by atoms with Crippen molar-refractivity contribution in [1.29, 1.82) is 0 Å². The van der Waals surface area contributed by atoms with Gasteiger partial charge in [-0.25, -0.2) is 14.2 Å². The molecule has 2 aliphatic heterocycles. The fourth-order valence-electron chi connectivity index (χ4n) is 5.09. The van der Waals surface area contributed by atoms with Crippen molar-refractivity contribution >= 4 is 56.1 Å². The van der Waals surface area contributed by atoms with Gasteiger partial charge in [0.2, 0.25) is 11.8 Å². The van der Waals surface area contributed by atoms with Gasteiger partial charge in [-0.15, -0.1) is 23.1 Å². The molecule has 1 saturated heterocycles. The maximum Gasteiger partial charge on any atom is 0.333 e. The number of phenols is 1. The van der Waals surface area contributed by atoms with Crippen LogP contribution < -0.4 is 5.32 Å². The Morgan fingerprint density at radius 2 is 1.97 bits per heavy atom. The number of amides is 2. The number of phenolic OH excluding ortho intramolecular Hbond substituents is 1. The molecule has 3 aromatic rings. The van der Waals surface area contributed by atoms with Crippen LogP contribution in [0.3, 0.4) is 0 Å². The van der Waals surface area contributed by atoms with Crippen molar-refractivity contribution in [3.05, 3.63) is 58.9 Å². The van der Waals surface area contributed by atoms with E-state index in [2.05, 4.69) is 15.3 Å². The first-order valence-corrected chi connectivity index (χ1v) is 13.9. The number of rotatable bonds is 6. The van der Waals surface area contributed by atoms with Crippen LogP contribution in [-0.4, -0.2) is 68.8 Å². The van der Waals surface area contributed by atoms with E-state index < -0.39 is 35.8 Å². The number of aromatic hydroxyl groups is 1. The van der Waals surface area contributed by atoms with Crippen LogP contribution in [-0.2, 0) is 19.1 Å². The number of hydrogen-bond acceptors (Lipinski definition) is 9. The largest absolute Gasteiger partial charge is 0.508 e. The number of halogens is 1. The van der Waals surface area contributed by atoms with Gasteiger partial charge in [0.1, 0.15) is 33.7 Å². The Morgan fingerprint density at radius 1 is 1.18 bits per heavy atom. The standard InChI is InChI=1S/C26H23FN4O5S2/c1-36-26(35)21(12-2-4-14(27)5-3-12)30-22(33)19-9-13-8-18(13)31(19)25(34)17-11-37-23(29-17)24-28-16-7-6-15(32)10-20(16)38-24/h2-7,10,13,17-19,21,32H,8-9,11H2,1H3,(H,30,33)/t13-,17-,18-,19-,21?/m0/s1. The van der Waals surface area contributed by atoms with Crippen molar-refractivity contribution in [2.24, 2.45) is 10.9 Å². The molecule has 5 atom stereocenters. The second-order valence-corrected chi connectivity index (χ2v) is 11.5. The van der Waals surface area contributed by atoms with Crippen LogP contribution in [0.2, 0.25) is 0 Å². The first-order chi connectivity index (χ1) is 18.3.